The molecule has 6 aromatic rings. The molecule has 3 atom stereocenters. The van der Waals surface area contributed by atoms with Crippen molar-refractivity contribution in [1.82, 2.24) is 20.6 Å². The lowest BCUT2D eigenvalue weighted by atomic mass is 9.89. The molecule has 0 amide bonds. The highest BCUT2D eigenvalue weighted by atomic mass is 16.6. The molecule has 6 heteroatoms. The molecule has 9 rings (SSSR count). The highest BCUT2D eigenvalue weighted by Crippen LogP contribution is 2.54. The van der Waals surface area contributed by atoms with Crippen LogP contribution in [0, 0.1) is 5.21 Å². The molecule has 3 unspecified atom stereocenters. The van der Waals surface area contributed by atoms with Crippen LogP contribution in [0.2, 0.25) is 0 Å². The van der Waals surface area contributed by atoms with Crippen molar-refractivity contribution in [2.24, 2.45) is 0 Å². The summed E-state index contributed by atoms with van der Waals surface area (Å²) in [5.41, 5.74) is 11.0. The maximum absolute atomic E-state index is 15.4. The molecule has 3 aliphatic heterocycles. The van der Waals surface area contributed by atoms with Gasteiger partial charge in [-0.05, 0) is 70.8 Å². The first-order valence-corrected chi connectivity index (χ1v) is 18.2. The van der Waals surface area contributed by atoms with Crippen LogP contribution in [0.3, 0.4) is 0 Å². The van der Waals surface area contributed by atoms with E-state index in [2.05, 4.69) is 166 Å². The number of rotatable bonds is 7. The van der Waals surface area contributed by atoms with Crippen molar-refractivity contribution in [2.75, 3.05) is 31.1 Å². The third kappa shape index (κ3) is 5.85. The zero-order valence-electron chi connectivity index (χ0n) is 28.7. The number of nitrogens with one attached hydrogen (secondary N) is 3. The molecule has 0 aliphatic carbocycles. The van der Waals surface area contributed by atoms with E-state index in [4.69, 9.17) is 0 Å². The van der Waals surface area contributed by atoms with Crippen LogP contribution >= 0.6 is 0 Å². The van der Waals surface area contributed by atoms with Gasteiger partial charge in [0.1, 0.15) is 17.4 Å². The number of anilines is 3. The first-order valence-electron chi connectivity index (χ1n) is 18.2. The molecular formula is C45H43N5O. The summed E-state index contributed by atoms with van der Waals surface area (Å²) in [6, 6.07) is 55.3. The molecule has 2 saturated heterocycles. The van der Waals surface area contributed by atoms with Crippen molar-refractivity contribution in [1.29, 1.82) is 0 Å². The molecular weight excluding hydrogens is 627 g/mol. The fourth-order valence-corrected chi connectivity index (χ4v) is 8.59. The zero-order chi connectivity index (χ0) is 34.2. The van der Waals surface area contributed by atoms with Crippen LogP contribution in [0.1, 0.15) is 41.1 Å². The van der Waals surface area contributed by atoms with Crippen LogP contribution in [0.15, 0.2) is 158 Å². The summed E-state index contributed by atoms with van der Waals surface area (Å²) in [6.45, 7) is 3.53. The molecule has 3 N–H and O–H groups in total. The molecule has 6 nitrogen and oxygen atoms in total. The summed E-state index contributed by atoms with van der Waals surface area (Å²) in [5, 5.41) is 26.3. The van der Waals surface area contributed by atoms with E-state index in [9.17, 15) is 0 Å². The third-order valence-electron chi connectivity index (χ3n) is 11.2. The van der Waals surface area contributed by atoms with Gasteiger partial charge in [0.2, 0.25) is 0 Å². The summed E-state index contributed by atoms with van der Waals surface area (Å²) in [4.78, 5) is 2.28. The van der Waals surface area contributed by atoms with E-state index in [-0.39, 0.29) is 18.1 Å². The number of nitrogens with zero attached hydrogens (tertiary/aromatic N) is 2. The molecule has 51 heavy (non-hydrogen) atoms. The van der Waals surface area contributed by atoms with Gasteiger partial charge in [-0.1, -0.05) is 91.0 Å². The SMILES string of the molecule is [O-][N+]1(c2ccc(-c3ccc(C4CNC(c5ccccc5)NC4)cc3)cc2)c2ccc(N(c3ccccc3)c3ccccc3)cc2C2CNCCC21. The Morgan fingerprint density at radius 1 is 0.569 bits per heavy atom. The summed E-state index contributed by atoms with van der Waals surface area (Å²) in [6.07, 6.45) is 1.02. The van der Waals surface area contributed by atoms with Crippen molar-refractivity contribution in [3.8, 4) is 11.1 Å². The van der Waals surface area contributed by atoms with Gasteiger partial charge in [-0.15, -0.1) is 0 Å². The molecule has 0 spiro atoms. The minimum Gasteiger partial charge on any atom is -0.622 e. The van der Waals surface area contributed by atoms with E-state index in [0.717, 1.165) is 77.7 Å². The van der Waals surface area contributed by atoms with Gasteiger partial charge in [0.15, 0.2) is 0 Å². The van der Waals surface area contributed by atoms with E-state index in [1.54, 1.807) is 0 Å². The average molecular weight is 670 g/mol. The standard InChI is InChI=1S/C45H43N5O/c51-50(40-23-20-33(21-24-40)32-16-18-34(19-17-32)36-29-47-45(48-30-36)35-10-4-1-5-11-35)43-25-22-39(28-41(43)42-31-46-27-26-44(42)50)49(37-12-6-2-7-13-37)38-14-8-3-9-15-38/h1-25,28,36,42,44-48H,26-27,29-31H2. The van der Waals surface area contributed by atoms with Crippen LogP contribution in [0.4, 0.5) is 28.4 Å². The maximum Gasteiger partial charge on any atom is 0.142 e. The fraction of sp³-hybridized carbons (Fsp3) is 0.200. The predicted octanol–water partition coefficient (Wildman–Crippen LogP) is 9.39. The van der Waals surface area contributed by atoms with Gasteiger partial charge in [0.05, 0.1) is 12.1 Å². The molecule has 0 saturated carbocycles. The van der Waals surface area contributed by atoms with Crippen LogP contribution in [-0.2, 0) is 0 Å². The molecule has 0 bridgehead atoms. The van der Waals surface area contributed by atoms with Crippen LogP contribution in [0.25, 0.3) is 11.1 Å². The number of hydrogen-bond donors (Lipinski definition) is 3. The lowest BCUT2D eigenvalue weighted by molar-refractivity contribution is 0.291. The summed E-state index contributed by atoms with van der Waals surface area (Å²) in [7, 11) is 0. The first kappa shape index (κ1) is 31.9. The quantitative estimate of drug-likeness (QED) is 0.117. The second kappa shape index (κ2) is 13.6. The molecule has 0 aromatic heterocycles. The Bertz CT molecular complexity index is 2040. The van der Waals surface area contributed by atoms with E-state index in [1.807, 2.05) is 12.1 Å². The van der Waals surface area contributed by atoms with Crippen molar-refractivity contribution in [2.45, 2.75) is 30.5 Å². The van der Waals surface area contributed by atoms with Gasteiger partial charge in [-0.25, -0.2) is 0 Å². The minimum absolute atomic E-state index is 0.0669. The normalized spacial score (nSPS) is 24.0. The highest BCUT2D eigenvalue weighted by Gasteiger charge is 2.50. The third-order valence-corrected chi connectivity index (χ3v) is 11.2. The number of fused-ring (bicyclic) bond motifs is 3. The number of para-hydroxylation sites is 2. The Hall–Kier alpha value is -5.08. The van der Waals surface area contributed by atoms with Gasteiger partial charge in [0.25, 0.3) is 0 Å². The highest BCUT2D eigenvalue weighted by molar-refractivity contribution is 5.81. The molecule has 3 aliphatic rings. The zero-order valence-corrected chi connectivity index (χ0v) is 28.7. The Balaban J connectivity index is 0.980. The van der Waals surface area contributed by atoms with Crippen LogP contribution < -0.4 is 25.5 Å². The van der Waals surface area contributed by atoms with E-state index in [1.165, 1.54) is 11.1 Å². The number of hydroxylamine groups is 1. The van der Waals surface area contributed by atoms with Crippen molar-refractivity contribution in [3.05, 3.63) is 180 Å². The predicted molar refractivity (Wildman–Crippen MR) is 210 cm³/mol. The Labute approximate surface area is 300 Å². The monoisotopic (exact) mass is 669 g/mol. The van der Waals surface area contributed by atoms with Gasteiger partial charge < -0.3 is 15.4 Å². The van der Waals surface area contributed by atoms with Crippen molar-refractivity contribution >= 4 is 28.4 Å². The second-order valence-electron chi connectivity index (χ2n) is 14.1. The average Bonchev–Trinajstić information content (AvgIpc) is 3.47. The summed E-state index contributed by atoms with van der Waals surface area (Å²) < 4.78 is -0.413. The number of hydrogen-bond acceptors (Lipinski definition) is 5. The molecule has 2 fully saturated rings. The van der Waals surface area contributed by atoms with Gasteiger partial charge >= 0.3 is 0 Å². The lowest BCUT2D eigenvalue weighted by Crippen LogP contribution is -2.51. The maximum atomic E-state index is 15.4. The topological polar surface area (TPSA) is 62.4 Å². The first-order chi connectivity index (χ1) is 25.2. The minimum atomic E-state index is -0.413. The smallest absolute Gasteiger partial charge is 0.142 e. The van der Waals surface area contributed by atoms with Crippen LogP contribution in [0.5, 0.6) is 0 Å². The van der Waals surface area contributed by atoms with Gasteiger partial charge in [-0.3, -0.25) is 15.3 Å². The fourth-order valence-electron chi connectivity index (χ4n) is 8.59. The molecule has 254 valence electrons. The molecule has 0 radical (unpaired) electrons. The second-order valence-corrected chi connectivity index (χ2v) is 14.1. The molecule has 6 aromatic carbocycles. The number of piperidine rings is 1. The number of benzene rings is 6. The summed E-state index contributed by atoms with van der Waals surface area (Å²) in [5.74, 6) is 0.547. The van der Waals surface area contributed by atoms with Gasteiger partial charge in [-0.2, -0.15) is 0 Å². The largest absolute Gasteiger partial charge is 0.622 e. The molecule has 3 heterocycles. The van der Waals surface area contributed by atoms with E-state index < -0.39 is 4.65 Å². The Morgan fingerprint density at radius 3 is 1.78 bits per heavy atom. The Morgan fingerprint density at radius 2 is 1.16 bits per heavy atom. The Kier molecular flexibility index (Phi) is 8.48. The summed E-state index contributed by atoms with van der Waals surface area (Å²) >= 11 is 0. The van der Waals surface area contributed by atoms with E-state index in [0.29, 0.717) is 5.92 Å². The lowest BCUT2D eigenvalue weighted by Gasteiger charge is -2.46. The van der Waals surface area contributed by atoms with Crippen LogP contribution in [-0.4, -0.2) is 32.2 Å². The van der Waals surface area contributed by atoms with Crippen molar-refractivity contribution < 1.29 is 0 Å². The number of quaternary nitrogens is 1. The van der Waals surface area contributed by atoms with Crippen molar-refractivity contribution in [3.63, 3.8) is 0 Å². The van der Waals surface area contributed by atoms with Gasteiger partial charge in [0, 0.05) is 79.3 Å². The van der Waals surface area contributed by atoms with E-state index >= 15 is 5.21 Å².